The number of carbonyl (C=O) groups excluding carboxylic acids is 2. The molecule has 7 heteroatoms. The second-order valence-electron chi connectivity index (χ2n) is 5.36. The van der Waals surface area contributed by atoms with Gasteiger partial charge in [0.25, 0.3) is 5.79 Å². The molecule has 0 amide bonds. The third-order valence-electron chi connectivity index (χ3n) is 3.06. The van der Waals surface area contributed by atoms with E-state index in [0.29, 0.717) is 17.1 Å². The molecule has 0 N–H and O–H groups in total. The molecule has 0 aromatic heterocycles. The molecule has 2 rings (SSSR count). The van der Waals surface area contributed by atoms with Crippen molar-refractivity contribution in [3.63, 3.8) is 0 Å². The molecule has 0 unspecified atom stereocenters. The number of rotatable bonds is 5. The normalized spacial score (nSPS) is 16.1. The van der Waals surface area contributed by atoms with E-state index in [1.165, 1.54) is 33.1 Å². The van der Waals surface area contributed by atoms with E-state index in [1.54, 1.807) is 12.1 Å². The Morgan fingerprint density at radius 2 is 1.83 bits per heavy atom. The van der Waals surface area contributed by atoms with Crippen molar-refractivity contribution in [1.82, 2.24) is 0 Å². The molecule has 1 aliphatic rings. The lowest BCUT2D eigenvalue weighted by Crippen LogP contribution is -2.41. The quantitative estimate of drug-likeness (QED) is 0.351. The minimum atomic E-state index is -1.30. The Balaban J connectivity index is 2.40. The Bertz CT molecular complexity index is 698. The van der Waals surface area contributed by atoms with Crippen LogP contribution >= 0.6 is 11.6 Å². The van der Waals surface area contributed by atoms with Crippen LogP contribution in [0.2, 0.25) is 5.02 Å². The summed E-state index contributed by atoms with van der Waals surface area (Å²) in [5.41, 5.74) is 0.140. The molecule has 24 heavy (non-hydrogen) atoms. The maximum atomic E-state index is 12.0. The second kappa shape index (κ2) is 6.97. The monoisotopic (exact) mass is 352 g/mol. The number of ether oxygens (including phenoxy) is 4. The third-order valence-corrected chi connectivity index (χ3v) is 3.38. The van der Waals surface area contributed by atoms with Crippen LogP contribution in [-0.2, 0) is 19.1 Å². The van der Waals surface area contributed by atoms with E-state index < -0.39 is 17.7 Å². The average Bonchev–Trinajstić information content (AvgIpc) is 2.49. The van der Waals surface area contributed by atoms with Gasteiger partial charge in [0.05, 0.1) is 12.1 Å². The molecule has 0 radical (unpaired) electrons. The first-order valence-electron chi connectivity index (χ1n) is 7.07. The summed E-state index contributed by atoms with van der Waals surface area (Å²) in [6.45, 7) is 6.79. The maximum Gasteiger partial charge on any atom is 0.348 e. The molecule has 6 nitrogen and oxygen atoms in total. The Morgan fingerprint density at radius 3 is 2.38 bits per heavy atom. The van der Waals surface area contributed by atoms with Gasteiger partial charge in [-0.05, 0) is 17.7 Å². The van der Waals surface area contributed by atoms with Crippen LogP contribution in [0.3, 0.4) is 0 Å². The number of cyclic esters (lactones) is 2. The SMILES string of the molecule is C=CCOc1cc(Cl)c(C=C2C(=O)OC(C)(C)OC2=O)cc1OC. The van der Waals surface area contributed by atoms with Crippen LogP contribution in [0.15, 0.2) is 30.4 Å². The van der Waals surface area contributed by atoms with E-state index in [4.69, 9.17) is 30.5 Å². The summed E-state index contributed by atoms with van der Waals surface area (Å²) in [5, 5.41) is 0.271. The highest BCUT2D eigenvalue weighted by Crippen LogP contribution is 2.35. The molecule has 1 saturated heterocycles. The van der Waals surface area contributed by atoms with Gasteiger partial charge in [-0.1, -0.05) is 24.3 Å². The number of hydrogen-bond donors (Lipinski definition) is 0. The zero-order chi connectivity index (χ0) is 17.9. The molecule has 0 saturated carbocycles. The highest BCUT2D eigenvalue weighted by Gasteiger charge is 2.39. The van der Waals surface area contributed by atoms with E-state index in [1.807, 2.05) is 0 Å². The Kier molecular flexibility index (Phi) is 5.19. The number of carbonyl (C=O) groups is 2. The van der Waals surface area contributed by atoms with Gasteiger partial charge in [-0.15, -0.1) is 0 Å². The van der Waals surface area contributed by atoms with Gasteiger partial charge in [0.2, 0.25) is 0 Å². The van der Waals surface area contributed by atoms with Crippen molar-refractivity contribution in [3.8, 4) is 11.5 Å². The largest absolute Gasteiger partial charge is 0.493 e. The molecule has 0 bridgehead atoms. The summed E-state index contributed by atoms with van der Waals surface area (Å²) in [4.78, 5) is 24.0. The van der Waals surface area contributed by atoms with E-state index >= 15 is 0 Å². The lowest BCUT2D eigenvalue weighted by atomic mass is 10.1. The summed E-state index contributed by atoms with van der Waals surface area (Å²) < 4.78 is 20.8. The van der Waals surface area contributed by atoms with Crippen LogP contribution in [0.4, 0.5) is 0 Å². The van der Waals surface area contributed by atoms with E-state index in [2.05, 4.69) is 6.58 Å². The molecule has 1 aromatic rings. The number of esters is 2. The van der Waals surface area contributed by atoms with Gasteiger partial charge in [-0.2, -0.15) is 0 Å². The summed E-state index contributed by atoms with van der Waals surface area (Å²) in [7, 11) is 1.46. The van der Waals surface area contributed by atoms with Crippen molar-refractivity contribution in [2.24, 2.45) is 0 Å². The van der Waals surface area contributed by atoms with Gasteiger partial charge in [0.1, 0.15) is 12.2 Å². The van der Waals surface area contributed by atoms with Crippen LogP contribution in [0, 0.1) is 0 Å². The summed E-state index contributed by atoms with van der Waals surface area (Å²) in [6.07, 6.45) is 2.88. The number of halogens is 1. The van der Waals surface area contributed by atoms with Crippen molar-refractivity contribution >= 4 is 29.6 Å². The molecule has 0 aliphatic carbocycles. The number of hydrogen-bond acceptors (Lipinski definition) is 6. The van der Waals surface area contributed by atoms with Crippen LogP contribution in [0.25, 0.3) is 6.08 Å². The molecule has 0 spiro atoms. The maximum absolute atomic E-state index is 12.0. The van der Waals surface area contributed by atoms with Crippen LogP contribution < -0.4 is 9.47 Å². The fraction of sp³-hybridized carbons (Fsp3) is 0.294. The molecule has 0 atom stereocenters. The summed E-state index contributed by atoms with van der Waals surface area (Å²) in [6, 6.07) is 3.08. The van der Waals surface area contributed by atoms with Crippen molar-refractivity contribution in [2.45, 2.75) is 19.6 Å². The van der Waals surface area contributed by atoms with Gasteiger partial charge >= 0.3 is 11.9 Å². The smallest absolute Gasteiger partial charge is 0.348 e. The van der Waals surface area contributed by atoms with Crippen molar-refractivity contribution in [2.75, 3.05) is 13.7 Å². The molecule has 1 aliphatic heterocycles. The fourth-order valence-corrected chi connectivity index (χ4v) is 2.22. The van der Waals surface area contributed by atoms with E-state index in [-0.39, 0.29) is 17.2 Å². The third kappa shape index (κ3) is 3.89. The first-order valence-corrected chi connectivity index (χ1v) is 7.45. The molecule has 1 heterocycles. The first-order chi connectivity index (χ1) is 11.3. The standard InChI is InChI=1S/C17H17ClO6/c1-5-6-22-14-9-12(18)10(8-13(14)21-4)7-11-15(19)23-17(2,3)24-16(11)20/h5,7-9H,1,6H2,2-4H3. The number of methoxy groups -OCH3 is 1. The zero-order valence-corrected chi connectivity index (χ0v) is 14.3. The van der Waals surface area contributed by atoms with Crippen molar-refractivity contribution in [3.05, 3.63) is 40.9 Å². The predicted octanol–water partition coefficient (Wildman–Crippen LogP) is 3.13. The topological polar surface area (TPSA) is 71.1 Å². The molecule has 1 aromatic carbocycles. The van der Waals surface area contributed by atoms with Crippen molar-refractivity contribution in [1.29, 1.82) is 0 Å². The molecular formula is C17H17ClO6. The second-order valence-corrected chi connectivity index (χ2v) is 5.77. The van der Waals surface area contributed by atoms with Gasteiger partial charge in [-0.3, -0.25) is 0 Å². The zero-order valence-electron chi connectivity index (χ0n) is 13.6. The fourth-order valence-electron chi connectivity index (χ4n) is 2.02. The van der Waals surface area contributed by atoms with Crippen LogP contribution in [0.5, 0.6) is 11.5 Å². The van der Waals surface area contributed by atoms with Gasteiger partial charge in [-0.25, -0.2) is 9.59 Å². The lowest BCUT2D eigenvalue weighted by molar-refractivity contribution is -0.222. The molecule has 128 valence electrons. The van der Waals surface area contributed by atoms with Gasteiger partial charge in [0.15, 0.2) is 11.5 Å². The Hall–Kier alpha value is -2.47. The molecule has 1 fully saturated rings. The summed E-state index contributed by atoms with van der Waals surface area (Å²) >= 11 is 6.20. The number of benzene rings is 1. The highest BCUT2D eigenvalue weighted by molar-refractivity contribution is 6.32. The van der Waals surface area contributed by atoms with Crippen LogP contribution in [0.1, 0.15) is 19.4 Å². The van der Waals surface area contributed by atoms with Crippen molar-refractivity contribution < 1.29 is 28.5 Å². The average molecular weight is 353 g/mol. The predicted molar refractivity (Wildman–Crippen MR) is 87.9 cm³/mol. The lowest BCUT2D eigenvalue weighted by Gasteiger charge is -2.29. The minimum Gasteiger partial charge on any atom is -0.493 e. The van der Waals surface area contributed by atoms with Gasteiger partial charge < -0.3 is 18.9 Å². The Morgan fingerprint density at radius 1 is 1.21 bits per heavy atom. The first kappa shape index (κ1) is 17.9. The Labute approximate surface area is 144 Å². The summed E-state index contributed by atoms with van der Waals surface area (Å²) in [5.74, 6) is -2.04. The molecular weight excluding hydrogens is 336 g/mol. The van der Waals surface area contributed by atoms with E-state index in [0.717, 1.165) is 0 Å². The minimum absolute atomic E-state index is 0.252. The van der Waals surface area contributed by atoms with Crippen LogP contribution in [-0.4, -0.2) is 31.4 Å². The highest BCUT2D eigenvalue weighted by atomic mass is 35.5. The van der Waals surface area contributed by atoms with Gasteiger partial charge in [0, 0.05) is 19.9 Å². The van der Waals surface area contributed by atoms with E-state index in [9.17, 15) is 9.59 Å².